The zero-order valence-electron chi connectivity index (χ0n) is 41.8. The Labute approximate surface area is 394 Å². The fourth-order valence-corrected chi connectivity index (χ4v) is 18.0. The fourth-order valence-electron chi connectivity index (χ4n) is 18.0. The van der Waals surface area contributed by atoms with Gasteiger partial charge in [-0.05, 0) is 154 Å². The molecule has 8 aliphatic rings. The number of ether oxygens (including phenoxy) is 2. The number of hydrogen-bond acceptors (Lipinski definition) is 6. The monoisotopic (exact) mass is 901 g/mol. The number of allylic oxidation sites excluding steroid dienone is 1. The molecule has 2 aromatic heterocycles. The summed E-state index contributed by atoms with van der Waals surface area (Å²) < 4.78 is 14.5. The Morgan fingerprint density at radius 3 is 2.35 bits per heavy atom. The van der Waals surface area contributed by atoms with Gasteiger partial charge in [0.2, 0.25) is 0 Å². The van der Waals surface area contributed by atoms with Crippen LogP contribution in [0.2, 0.25) is 0 Å². The van der Waals surface area contributed by atoms with Crippen LogP contribution in [-0.2, 0) is 44.9 Å². The molecule has 11 atom stereocenters. The molecular formula is C58H80N2O6. The first-order chi connectivity index (χ1) is 31.3. The normalized spacial score (nSPS) is 39.5. The van der Waals surface area contributed by atoms with Gasteiger partial charge in [-0.15, -0.1) is 0 Å². The molecule has 3 N–H and O–H groups in total. The Morgan fingerprint density at radius 2 is 1.65 bits per heavy atom. The highest BCUT2D eigenvalue weighted by Crippen LogP contribution is 2.76. The molecule has 3 aromatic rings. The molecule has 5 aliphatic carbocycles. The molecule has 8 heteroatoms. The number of nitrogens with one attached hydrogen (secondary N) is 1. The number of aryl methyl sites for hydroxylation is 2. The molecular weight excluding hydrogens is 821 g/mol. The summed E-state index contributed by atoms with van der Waals surface area (Å²) in [6, 6.07) is 7.21. The van der Waals surface area contributed by atoms with E-state index in [1.165, 1.54) is 63.0 Å². The van der Waals surface area contributed by atoms with Crippen molar-refractivity contribution in [1.82, 2.24) is 9.55 Å². The predicted octanol–water partition coefficient (Wildman–Crippen LogP) is 11.1. The summed E-state index contributed by atoms with van der Waals surface area (Å²) in [6.07, 6.45) is 14.6. The highest BCUT2D eigenvalue weighted by Gasteiger charge is 2.73. The molecule has 5 heterocycles. The van der Waals surface area contributed by atoms with Gasteiger partial charge in [0.25, 0.3) is 0 Å². The van der Waals surface area contributed by atoms with Gasteiger partial charge in [-0.2, -0.15) is 0 Å². The quantitative estimate of drug-likeness (QED) is 0.194. The summed E-state index contributed by atoms with van der Waals surface area (Å²) in [5, 5.41) is 26.0. The number of aliphatic hydroxyl groups excluding tert-OH is 2. The number of rotatable bonds is 8. The molecule has 11 rings (SSSR count). The van der Waals surface area contributed by atoms with Gasteiger partial charge in [0.15, 0.2) is 5.78 Å². The van der Waals surface area contributed by atoms with Crippen LogP contribution in [-0.4, -0.2) is 68.5 Å². The van der Waals surface area contributed by atoms with Gasteiger partial charge in [0.05, 0.1) is 28.8 Å². The number of nitrogens with zero attached hydrogens (tertiary/aromatic N) is 1. The van der Waals surface area contributed by atoms with E-state index in [4.69, 9.17) is 9.47 Å². The number of fused-ring (bicyclic) bond motifs is 4. The maximum Gasteiger partial charge on any atom is 0.160 e. The summed E-state index contributed by atoms with van der Waals surface area (Å²) in [7, 11) is 0. The molecule has 358 valence electrons. The van der Waals surface area contributed by atoms with Gasteiger partial charge >= 0.3 is 0 Å². The van der Waals surface area contributed by atoms with E-state index in [1.807, 2.05) is 13.8 Å². The van der Waals surface area contributed by atoms with E-state index in [0.717, 1.165) is 83.0 Å². The lowest BCUT2D eigenvalue weighted by Crippen LogP contribution is -2.68. The summed E-state index contributed by atoms with van der Waals surface area (Å²) in [4.78, 5) is 33.8. The number of aromatic nitrogens is 2. The third kappa shape index (κ3) is 6.41. The van der Waals surface area contributed by atoms with Gasteiger partial charge < -0.3 is 29.2 Å². The largest absolute Gasteiger partial charge is 0.392 e. The number of carbonyl (C=O) groups excluding carboxylic acids is 2. The molecule has 8 nitrogen and oxygen atoms in total. The molecule has 66 heavy (non-hydrogen) atoms. The Bertz CT molecular complexity index is 2500. The molecule has 0 bridgehead atoms. The van der Waals surface area contributed by atoms with Gasteiger partial charge in [-0.1, -0.05) is 78.1 Å². The minimum Gasteiger partial charge on any atom is -0.392 e. The lowest BCUT2D eigenvalue weighted by molar-refractivity contribution is -0.227. The van der Waals surface area contributed by atoms with E-state index in [0.29, 0.717) is 49.8 Å². The van der Waals surface area contributed by atoms with Crippen molar-refractivity contribution in [2.45, 2.75) is 201 Å². The van der Waals surface area contributed by atoms with Gasteiger partial charge in [0.1, 0.15) is 11.9 Å². The number of epoxide rings is 1. The molecule has 0 unspecified atom stereocenters. The van der Waals surface area contributed by atoms with Crippen LogP contribution in [0.3, 0.4) is 0 Å². The van der Waals surface area contributed by atoms with Crippen LogP contribution in [0.5, 0.6) is 0 Å². The first-order valence-corrected chi connectivity index (χ1v) is 26.5. The van der Waals surface area contributed by atoms with Gasteiger partial charge in [0, 0.05) is 78.8 Å². The predicted molar refractivity (Wildman–Crippen MR) is 259 cm³/mol. The molecule has 3 aliphatic heterocycles. The van der Waals surface area contributed by atoms with Gasteiger partial charge in [-0.3, -0.25) is 9.59 Å². The van der Waals surface area contributed by atoms with Crippen molar-refractivity contribution in [2.24, 2.45) is 50.7 Å². The number of aromatic amines is 1. The van der Waals surface area contributed by atoms with Crippen molar-refractivity contribution in [3.05, 3.63) is 69.1 Å². The van der Waals surface area contributed by atoms with E-state index in [-0.39, 0.29) is 45.9 Å². The first-order valence-electron chi connectivity index (χ1n) is 26.5. The number of H-pyrrole nitrogens is 1. The topological polar surface area (TPSA) is 117 Å². The maximum absolute atomic E-state index is 15.5. The SMILES string of the molecule is CCc1c(Cc2cc(C)cc(C3CCOCC3)c2)c2[nH]cc3c2n1C[C@@H]1C2=C(C(=O)C[C@]2(C)[C@@]2(C)CC[C@@H]4[C@@](C)(CCC(=O)[C@@]4(C)C4CCCC4)[C@H]2[C@@H]1O)[C@](C)(C[C@@H](O)[C@H]1OC1(C)C)CC3. The van der Waals surface area contributed by atoms with E-state index in [9.17, 15) is 15.0 Å². The summed E-state index contributed by atoms with van der Waals surface area (Å²) in [5.41, 5.74) is 9.95. The third-order valence-corrected chi connectivity index (χ3v) is 21.3. The number of Topliss-reactive ketones (excluding diaryl/α,β-unsaturated/α-hetero) is 2. The van der Waals surface area contributed by atoms with Crippen LogP contribution in [0.25, 0.3) is 11.0 Å². The van der Waals surface area contributed by atoms with E-state index < -0.39 is 28.6 Å². The number of benzene rings is 1. The first kappa shape index (κ1) is 45.4. The van der Waals surface area contributed by atoms with Crippen LogP contribution in [0.15, 0.2) is 35.5 Å². The average Bonchev–Trinajstić information content (AvgIpc) is 3.79. The Morgan fingerprint density at radius 1 is 0.924 bits per heavy atom. The van der Waals surface area contributed by atoms with Crippen LogP contribution >= 0.6 is 0 Å². The van der Waals surface area contributed by atoms with Crippen molar-refractivity contribution in [2.75, 3.05) is 13.2 Å². The van der Waals surface area contributed by atoms with Crippen molar-refractivity contribution in [3.63, 3.8) is 0 Å². The second kappa shape index (κ2) is 15.5. The lowest BCUT2D eigenvalue weighted by atomic mass is 9.33. The zero-order valence-corrected chi connectivity index (χ0v) is 41.8. The molecule has 0 radical (unpaired) electrons. The van der Waals surface area contributed by atoms with Gasteiger partial charge in [-0.25, -0.2) is 0 Å². The van der Waals surface area contributed by atoms with Crippen LogP contribution in [0, 0.1) is 57.7 Å². The molecule has 2 saturated heterocycles. The highest BCUT2D eigenvalue weighted by atomic mass is 16.6. The van der Waals surface area contributed by atoms with E-state index >= 15 is 4.79 Å². The molecule has 1 aromatic carbocycles. The molecule has 4 saturated carbocycles. The second-order valence-electron chi connectivity index (χ2n) is 25.2. The minimum absolute atomic E-state index is 0.0823. The standard InChI is InChI=1S/C58H80N2O6/c1-10-41-39(28-34-25-33(2)26-37(27-34)35-18-23-65-24-19-35)48-49-36(31-59-48)15-20-54(5,29-43(62)52-53(3,4)66-52)47-42(61)30-57(8)46(47)40(32-60(41)49)50(64)51-55(6)21-17-45(63)58(9,38-13-11-12-14-38)44(55)16-22-56(51,57)7/h25-27,31,35,38,40,43-44,50-52,59,62,64H,10-24,28-30,32H2,1-9H3/t40-,43-,44-,50-,51-,52-,54+,55-,56+,57+,58+/m1/s1. The summed E-state index contributed by atoms with van der Waals surface area (Å²) >= 11 is 0. The van der Waals surface area contributed by atoms with Crippen molar-refractivity contribution >= 4 is 22.6 Å². The number of ketones is 2. The average molecular weight is 901 g/mol. The van der Waals surface area contributed by atoms with Crippen molar-refractivity contribution in [3.8, 4) is 0 Å². The Hall–Kier alpha value is -3.04. The van der Waals surface area contributed by atoms with Crippen LogP contribution in [0.4, 0.5) is 0 Å². The maximum atomic E-state index is 15.5. The van der Waals surface area contributed by atoms with Crippen molar-refractivity contribution < 1.29 is 29.3 Å². The fraction of sp³-hybridized carbons (Fsp3) is 0.724. The number of hydrogen-bond donors (Lipinski definition) is 3. The second-order valence-corrected chi connectivity index (χ2v) is 25.2. The third-order valence-electron chi connectivity index (χ3n) is 21.3. The number of carbonyl (C=O) groups is 2. The van der Waals surface area contributed by atoms with Crippen LogP contribution < -0.4 is 0 Å². The number of aliphatic hydroxyl groups is 2. The van der Waals surface area contributed by atoms with Crippen molar-refractivity contribution in [1.29, 1.82) is 0 Å². The lowest BCUT2D eigenvalue weighted by Gasteiger charge is -2.70. The smallest absolute Gasteiger partial charge is 0.160 e. The van der Waals surface area contributed by atoms with E-state index in [2.05, 4.69) is 82.4 Å². The Balaban J connectivity index is 1.09. The zero-order chi connectivity index (χ0) is 46.5. The summed E-state index contributed by atoms with van der Waals surface area (Å²) in [6.45, 7) is 22.8. The molecule has 0 spiro atoms. The summed E-state index contributed by atoms with van der Waals surface area (Å²) in [5.74, 6) is 1.39. The Kier molecular flexibility index (Phi) is 10.6. The minimum atomic E-state index is -0.716. The van der Waals surface area contributed by atoms with E-state index in [1.54, 1.807) is 0 Å². The van der Waals surface area contributed by atoms with Crippen LogP contribution in [0.1, 0.15) is 178 Å². The highest BCUT2D eigenvalue weighted by molar-refractivity contribution is 6.02. The molecule has 6 fully saturated rings. The molecule has 0 amide bonds.